The van der Waals surface area contributed by atoms with E-state index < -0.39 is 0 Å². The monoisotopic (exact) mass is 285 g/mol. The van der Waals surface area contributed by atoms with Crippen LogP contribution >= 0.6 is 0 Å². The third kappa shape index (κ3) is 5.06. The standard InChI is InChI=1S/C16H31NO3/c1-6-20-14(18)12-16(4,13-15(2,3)19-5)17-10-8-7-9-11-17/h6-13H2,1-5H3. The van der Waals surface area contributed by atoms with E-state index in [1.807, 2.05) is 6.92 Å². The molecule has 1 unspecified atom stereocenters. The molecule has 1 aliphatic heterocycles. The average molecular weight is 285 g/mol. The molecule has 0 amide bonds. The van der Waals surface area contributed by atoms with Gasteiger partial charge in [-0.3, -0.25) is 9.69 Å². The molecule has 118 valence electrons. The highest BCUT2D eigenvalue weighted by Crippen LogP contribution is 2.33. The molecular weight excluding hydrogens is 254 g/mol. The number of methoxy groups -OCH3 is 1. The lowest BCUT2D eigenvalue weighted by molar-refractivity contribution is -0.148. The van der Waals surface area contributed by atoms with Gasteiger partial charge in [0.1, 0.15) is 0 Å². The zero-order valence-electron chi connectivity index (χ0n) is 13.8. The van der Waals surface area contributed by atoms with Crippen LogP contribution in [0.2, 0.25) is 0 Å². The molecule has 0 bridgehead atoms. The number of ether oxygens (including phenoxy) is 2. The first-order chi connectivity index (χ1) is 9.33. The number of hydrogen-bond donors (Lipinski definition) is 0. The van der Waals surface area contributed by atoms with Gasteiger partial charge in [0.05, 0.1) is 18.6 Å². The van der Waals surface area contributed by atoms with Crippen molar-refractivity contribution in [2.24, 2.45) is 0 Å². The first-order valence-electron chi connectivity index (χ1n) is 7.79. The summed E-state index contributed by atoms with van der Waals surface area (Å²) in [7, 11) is 1.74. The van der Waals surface area contributed by atoms with E-state index in [1.165, 1.54) is 19.3 Å². The highest BCUT2D eigenvalue weighted by atomic mass is 16.5. The predicted molar refractivity (Wildman–Crippen MR) is 80.8 cm³/mol. The first-order valence-corrected chi connectivity index (χ1v) is 7.79. The van der Waals surface area contributed by atoms with Gasteiger partial charge >= 0.3 is 5.97 Å². The summed E-state index contributed by atoms with van der Waals surface area (Å²) in [5.41, 5.74) is -0.426. The van der Waals surface area contributed by atoms with Crippen molar-refractivity contribution >= 4 is 5.97 Å². The summed E-state index contributed by atoms with van der Waals surface area (Å²) in [5, 5.41) is 0. The predicted octanol–water partition coefficient (Wildman–Crippen LogP) is 3.00. The lowest BCUT2D eigenvalue weighted by Crippen LogP contribution is -2.53. The molecule has 20 heavy (non-hydrogen) atoms. The third-order valence-corrected chi connectivity index (χ3v) is 4.31. The van der Waals surface area contributed by atoms with Crippen molar-refractivity contribution < 1.29 is 14.3 Å². The Morgan fingerprint density at radius 3 is 2.25 bits per heavy atom. The number of esters is 1. The van der Waals surface area contributed by atoms with E-state index in [4.69, 9.17) is 9.47 Å². The highest BCUT2D eigenvalue weighted by Gasteiger charge is 2.40. The van der Waals surface area contributed by atoms with E-state index in [0.717, 1.165) is 19.5 Å². The van der Waals surface area contributed by atoms with Gasteiger partial charge in [-0.05, 0) is 60.0 Å². The van der Waals surface area contributed by atoms with Crippen LogP contribution in [0.1, 0.15) is 59.8 Å². The second-order valence-electron chi connectivity index (χ2n) is 6.67. The van der Waals surface area contributed by atoms with E-state index in [-0.39, 0.29) is 17.1 Å². The summed E-state index contributed by atoms with van der Waals surface area (Å²) in [4.78, 5) is 14.4. The van der Waals surface area contributed by atoms with Crippen LogP contribution in [-0.2, 0) is 14.3 Å². The molecule has 0 N–H and O–H groups in total. The fourth-order valence-electron chi connectivity index (χ4n) is 3.23. The molecule has 1 fully saturated rings. The Bertz CT molecular complexity index is 311. The fourth-order valence-corrected chi connectivity index (χ4v) is 3.23. The van der Waals surface area contributed by atoms with Crippen molar-refractivity contribution in [3.05, 3.63) is 0 Å². The van der Waals surface area contributed by atoms with Crippen LogP contribution in [0.3, 0.4) is 0 Å². The van der Waals surface area contributed by atoms with Crippen LogP contribution in [0.25, 0.3) is 0 Å². The molecule has 4 heteroatoms. The molecular formula is C16H31NO3. The number of carbonyl (C=O) groups excluding carboxylic acids is 1. The lowest BCUT2D eigenvalue weighted by atomic mass is 9.82. The lowest BCUT2D eigenvalue weighted by Gasteiger charge is -2.46. The van der Waals surface area contributed by atoms with Gasteiger partial charge in [-0.1, -0.05) is 6.42 Å². The summed E-state index contributed by atoms with van der Waals surface area (Å²) in [6.07, 6.45) is 4.99. The van der Waals surface area contributed by atoms with E-state index in [0.29, 0.717) is 13.0 Å². The van der Waals surface area contributed by atoms with Gasteiger partial charge in [-0.25, -0.2) is 0 Å². The summed E-state index contributed by atoms with van der Waals surface area (Å²) in [5.74, 6) is -0.104. The molecule has 0 aromatic carbocycles. The Morgan fingerprint density at radius 2 is 1.75 bits per heavy atom. The molecule has 0 saturated carbocycles. The largest absolute Gasteiger partial charge is 0.466 e. The summed E-state index contributed by atoms with van der Waals surface area (Å²) in [6.45, 7) is 10.8. The molecule has 1 rings (SSSR count). The molecule has 0 aromatic heterocycles. The van der Waals surface area contributed by atoms with E-state index >= 15 is 0 Å². The Labute approximate surface area is 123 Å². The quantitative estimate of drug-likeness (QED) is 0.674. The van der Waals surface area contributed by atoms with Crippen LogP contribution < -0.4 is 0 Å². The number of carbonyl (C=O) groups is 1. The summed E-state index contributed by atoms with van der Waals surface area (Å²) < 4.78 is 10.8. The topological polar surface area (TPSA) is 38.8 Å². The van der Waals surface area contributed by atoms with Crippen molar-refractivity contribution in [2.75, 3.05) is 26.8 Å². The maximum absolute atomic E-state index is 12.0. The van der Waals surface area contributed by atoms with Crippen molar-refractivity contribution in [1.29, 1.82) is 0 Å². The maximum Gasteiger partial charge on any atom is 0.307 e. The smallest absolute Gasteiger partial charge is 0.307 e. The molecule has 0 aromatic rings. The van der Waals surface area contributed by atoms with Crippen molar-refractivity contribution in [3.8, 4) is 0 Å². The number of likely N-dealkylation sites (tertiary alicyclic amines) is 1. The molecule has 1 saturated heterocycles. The van der Waals surface area contributed by atoms with Crippen LogP contribution in [-0.4, -0.2) is 48.8 Å². The van der Waals surface area contributed by atoms with Gasteiger partial charge in [-0.15, -0.1) is 0 Å². The molecule has 4 nitrogen and oxygen atoms in total. The molecule has 1 heterocycles. The summed E-state index contributed by atoms with van der Waals surface area (Å²) in [6, 6.07) is 0. The molecule has 0 aliphatic carbocycles. The minimum absolute atomic E-state index is 0.104. The number of nitrogens with zero attached hydrogens (tertiary/aromatic N) is 1. The fraction of sp³-hybridized carbons (Fsp3) is 0.938. The maximum atomic E-state index is 12.0. The number of rotatable bonds is 7. The minimum atomic E-state index is -0.237. The molecule has 0 spiro atoms. The van der Waals surface area contributed by atoms with E-state index in [9.17, 15) is 4.79 Å². The van der Waals surface area contributed by atoms with E-state index in [2.05, 4.69) is 25.7 Å². The second-order valence-corrected chi connectivity index (χ2v) is 6.67. The zero-order chi connectivity index (χ0) is 15.2. The zero-order valence-corrected chi connectivity index (χ0v) is 13.8. The molecule has 0 radical (unpaired) electrons. The van der Waals surface area contributed by atoms with Gasteiger partial charge in [0.25, 0.3) is 0 Å². The SMILES string of the molecule is CCOC(=O)CC(C)(CC(C)(C)OC)N1CCCCC1. The van der Waals surface area contributed by atoms with Crippen LogP contribution in [0.4, 0.5) is 0 Å². The minimum Gasteiger partial charge on any atom is -0.466 e. The van der Waals surface area contributed by atoms with Crippen LogP contribution in [0, 0.1) is 0 Å². The van der Waals surface area contributed by atoms with Gasteiger partial charge in [0.2, 0.25) is 0 Å². The Kier molecular flexibility index (Phi) is 6.46. The Hall–Kier alpha value is -0.610. The number of hydrogen-bond acceptors (Lipinski definition) is 4. The van der Waals surface area contributed by atoms with Crippen LogP contribution in [0.5, 0.6) is 0 Å². The summed E-state index contributed by atoms with van der Waals surface area (Å²) >= 11 is 0. The van der Waals surface area contributed by atoms with Gasteiger partial charge < -0.3 is 9.47 Å². The molecule has 1 atom stereocenters. The second kappa shape index (κ2) is 7.41. The van der Waals surface area contributed by atoms with Crippen LogP contribution in [0.15, 0.2) is 0 Å². The van der Waals surface area contributed by atoms with Crippen molar-refractivity contribution in [1.82, 2.24) is 4.90 Å². The van der Waals surface area contributed by atoms with E-state index in [1.54, 1.807) is 7.11 Å². The Balaban J connectivity index is 2.83. The van der Waals surface area contributed by atoms with Gasteiger partial charge in [0.15, 0.2) is 0 Å². The van der Waals surface area contributed by atoms with Gasteiger partial charge in [-0.2, -0.15) is 0 Å². The normalized spacial score (nSPS) is 20.4. The number of piperidine rings is 1. The average Bonchev–Trinajstić information content (AvgIpc) is 2.39. The first kappa shape index (κ1) is 17.4. The highest BCUT2D eigenvalue weighted by molar-refractivity contribution is 5.70. The van der Waals surface area contributed by atoms with Crippen molar-refractivity contribution in [3.63, 3.8) is 0 Å². The molecule has 1 aliphatic rings. The van der Waals surface area contributed by atoms with Crippen molar-refractivity contribution in [2.45, 2.75) is 70.9 Å². The third-order valence-electron chi connectivity index (χ3n) is 4.31. The Morgan fingerprint density at radius 1 is 1.15 bits per heavy atom. The van der Waals surface area contributed by atoms with Gasteiger partial charge in [0, 0.05) is 12.6 Å².